The van der Waals surface area contributed by atoms with Crippen molar-refractivity contribution in [1.82, 2.24) is 9.80 Å². The van der Waals surface area contributed by atoms with E-state index in [-0.39, 0.29) is 26.3 Å². The van der Waals surface area contributed by atoms with Gasteiger partial charge in [0.1, 0.15) is 0 Å². The first-order valence-electron chi connectivity index (χ1n) is 16.5. The number of rotatable bonds is 12. The molecule has 2 aliphatic heterocycles. The van der Waals surface area contributed by atoms with Gasteiger partial charge in [-0.15, -0.1) is 22.7 Å². The molecule has 4 aromatic rings. The van der Waals surface area contributed by atoms with Gasteiger partial charge in [0.25, 0.3) is 6.47 Å². The summed E-state index contributed by atoms with van der Waals surface area (Å²) >= 11 is 3.60. The second-order valence-electron chi connectivity index (χ2n) is 12.1. The molecule has 2 aliphatic rings. The number of nitrogens with two attached hydrogens (primary N) is 1. The summed E-state index contributed by atoms with van der Waals surface area (Å²) in [5.41, 5.74) is 8.63. The molecular weight excluding hydrogens is 711 g/mol. The van der Waals surface area contributed by atoms with Crippen molar-refractivity contribution in [3.05, 3.63) is 70.4 Å². The van der Waals surface area contributed by atoms with E-state index < -0.39 is 11.9 Å². The highest BCUT2D eigenvalue weighted by atomic mass is 32.1. The molecule has 13 nitrogen and oxygen atoms in total. The second kappa shape index (κ2) is 27.1. The van der Waals surface area contributed by atoms with Crippen LogP contribution in [0.15, 0.2) is 59.3 Å². The van der Waals surface area contributed by atoms with E-state index in [2.05, 4.69) is 76.0 Å². The first-order valence-corrected chi connectivity index (χ1v) is 18.3. The van der Waals surface area contributed by atoms with E-state index in [1.54, 1.807) is 22.7 Å². The predicted molar refractivity (Wildman–Crippen MR) is 212 cm³/mol. The summed E-state index contributed by atoms with van der Waals surface area (Å²) in [6.07, 6.45) is 4.48. The Morgan fingerprint density at radius 2 is 1.25 bits per heavy atom. The Balaban J connectivity index is 0. The first kappa shape index (κ1) is 48.5. The highest BCUT2D eigenvalue weighted by Gasteiger charge is 2.18. The van der Waals surface area contributed by atoms with E-state index in [1.165, 1.54) is 50.8 Å². The Bertz CT molecular complexity index is 1460. The minimum Gasteiger partial charge on any atom is -0.483 e. The minimum absolute atomic E-state index is 0. The van der Waals surface area contributed by atoms with Gasteiger partial charge < -0.3 is 46.4 Å². The molecule has 2 aromatic heterocycles. The van der Waals surface area contributed by atoms with Crippen molar-refractivity contribution in [3.8, 4) is 0 Å². The Morgan fingerprint density at radius 1 is 0.808 bits per heavy atom. The van der Waals surface area contributed by atoms with Crippen LogP contribution in [0.1, 0.15) is 39.7 Å². The van der Waals surface area contributed by atoms with Crippen LogP contribution in [-0.4, -0.2) is 126 Å². The topological polar surface area (TPSA) is 226 Å². The molecule has 294 valence electrons. The lowest BCUT2D eigenvalue weighted by Gasteiger charge is -2.15. The fourth-order valence-electron chi connectivity index (χ4n) is 5.61. The van der Waals surface area contributed by atoms with Crippen molar-refractivity contribution in [2.75, 3.05) is 65.7 Å². The quantitative estimate of drug-likeness (QED) is 0.0898. The number of aliphatic carboxylic acids is 2. The molecule has 0 spiro atoms. The summed E-state index contributed by atoms with van der Waals surface area (Å²) in [7, 11) is 0. The molecule has 2 aromatic carbocycles. The summed E-state index contributed by atoms with van der Waals surface area (Å²) in [5.74, 6) is -2.78. The zero-order chi connectivity index (χ0) is 35.4. The van der Waals surface area contributed by atoms with E-state index in [1.807, 2.05) is 0 Å². The molecular formula is C37H59N3O10S2. The monoisotopic (exact) mass is 769 g/mol. The van der Waals surface area contributed by atoms with Gasteiger partial charge in [-0.05, 0) is 102 Å². The fourth-order valence-corrected chi connectivity index (χ4v) is 7.15. The smallest absolute Gasteiger partial charge is 0.414 e. The van der Waals surface area contributed by atoms with Crippen LogP contribution in [0.5, 0.6) is 0 Å². The molecule has 0 amide bonds. The predicted octanol–water partition coefficient (Wildman–Crippen LogP) is 4.38. The molecule has 2 atom stereocenters. The van der Waals surface area contributed by atoms with Crippen LogP contribution in [0.4, 0.5) is 0 Å². The molecule has 2 saturated heterocycles. The lowest BCUT2D eigenvalue weighted by Crippen LogP contribution is -2.29. The lowest BCUT2D eigenvalue weighted by molar-refractivity contribution is -0.159. The SMILES string of the molecule is C.CC1CCN(CCOCCc2ccc3sccc3c2)C1.NC1CCN(CCOCCc2ccc3sccc3c2)C1.O.O.O=C(O)C(=O)O.O=CO.[HH]. The Kier molecular flexibility index (Phi) is 25.3. The van der Waals surface area contributed by atoms with Crippen molar-refractivity contribution in [1.29, 1.82) is 0 Å². The Morgan fingerprint density at radius 3 is 1.63 bits per heavy atom. The highest BCUT2D eigenvalue weighted by molar-refractivity contribution is 7.17. The largest absolute Gasteiger partial charge is 0.483 e. The van der Waals surface area contributed by atoms with Crippen LogP contribution >= 0.6 is 22.7 Å². The average molecular weight is 770 g/mol. The third-order valence-electron chi connectivity index (χ3n) is 8.21. The highest BCUT2D eigenvalue weighted by Crippen LogP contribution is 2.23. The maximum absolute atomic E-state index is 9.10. The molecule has 6 rings (SSSR count). The van der Waals surface area contributed by atoms with Crippen LogP contribution in [0.3, 0.4) is 0 Å². The van der Waals surface area contributed by atoms with Crippen molar-refractivity contribution >= 4 is 61.3 Å². The molecule has 2 unspecified atom stereocenters. The first-order chi connectivity index (χ1) is 23.7. The molecule has 9 N–H and O–H groups in total. The van der Waals surface area contributed by atoms with Crippen molar-refractivity contribution in [2.45, 2.75) is 46.1 Å². The number of nitrogens with zero attached hydrogens (tertiary/aromatic N) is 2. The summed E-state index contributed by atoms with van der Waals surface area (Å²) < 4.78 is 14.3. The number of benzene rings is 2. The Labute approximate surface area is 315 Å². The number of hydrogen-bond acceptors (Lipinski definition) is 10. The molecule has 0 radical (unpaired) electrons. The molecule has 2 fully saturated rings. The van der Waals surface area contributed by atoms with Crippen LogP contribution in [0.25, 0.3) is 20.2 Å². The lowest BCUT2D eigenvalue weighted by atomic mass is 10.1. The number of hydrogen-bond donors (Lipinski definition) is 4. The summed E-state index contributed by atoms with van der Waals surface area (Å²) in [4.78, 5) is 31.5. The summed E-state index contributed by atoms with van der Waals surface area (Å²) in [5, 5.41) is 28.7. The van der Waals surface area contributed by atoms with E-state index >= 15 is 0 Å². The van der Waals surface area contributed by atoms with Gasteiger partial charge >= 0.3 is 11.9 Å². The molecule has 4 heterocycles. The standard InChI is InChI=1S/C17H23NOS.C16H22N2OS.C2H2O4.CH2O2.CH4.2H2O.H2/c1-14-4-7-18(13-14)8-10-19-9-5-15-2-3-17-16(12-15)6-11-20-17;17-15-3-6-18(12-15)7-9-19-8-4-13-1-2-16-14(11-13)5-10-20-16;3-1(4)2(5)6;2-1-3;;;;/h2-3,6,11-12,14H,4-5,7-10,13H2,1H3;1-2,5,10-11,15H,3-4,6-9,12,17H2;(H,3,4)(H,5,6);1H,(H,2,3);1H4;2*1H2;1H. The van der Waals surface area contributed by atoms with E-state index in [4.69, 9.17) is 44.9 Å². The number of carboxylic acid groups (broad SMARTS) is 3. The number of thiophene rings is 2. The van der Waals surface area contributed by atoms with Gasteiger partial charge in [0.05, 0.1) is 26.4 Å². The summed E-state index contributed by atoms with van der Waals surface area (Å²) in [6, 6.07) is 18.2. The van der Waals surface area contributed by atoms with E-state index in [9.17, 15) is 0 Å². The van der Waals surface area contributed by atoms with Gasteiger partial charge in [-0.1, -0.05) is 38.6 Å². The number of carbonyl (C=O) groups is 3. The fraction of sp³-hybridized carbons (Fsp3) is 0.486. The van der Waals surface area contributed by atoms with Crippen molar-refractivity contribution in [2.24, 2.45) is 11.7 Å². The van der Waals surface area contributed by atoms with Gasteiger partial charge in [-0.25, -0.2) is 9.59 Å². The Hall–Kier alpha value is -3.51. The zero-order valence-corrected chi connectivity index (χ0v) is 30.7. The van der Waals surface area contributed by atoms with E-state index in [0.29, 0.717) is 6.04 Å². The van der Waals surface area contributed by atoms with Crippen molar-refractivity contribution in [3.63, 3.8) is 0 Å². The number of fused-ring (bicyclic) bond motifs is 2. The molecule has 0 saturated carbocycles. The van der Waals surface area contributed by atoms with Gasteiger partial charge in [0.15, 0.2) is 0 Å². The molecule has 52 heavy (non-hydrogen) atoms. The average Bonchev–Trinajstić information content (AvgIpc) is 3.90. The van der Waals surface area contributed by atoms with Gasteiger partial charge in [-0.3, -0.25) is 9.69 Å². The van der Waals surface area contributed by atoms with Crippen LogP contribution in [0.2, 0.25) is 0 Å². The minimum atomic E-state index is -1.82. The van der Waals surface area contributed by atoms with Crippen LogP contribution < -0.4 is 5.73 Å². The number of likely N-dealkylation sites (tertiary alicyclic amines) is 2. The number of carboxylic acids is 2. The number of ether oxygens (including phenoxy) is 2. The third kappa shape index (κ3) is 18.3. The molecule has 0 bridgehead atoms. The van der Waals surface area contributed by atoms with Gasteiger partial charge in [0, 0.05) is 43.0 Å². The van der Waals surface area contributed by atoms with Crippen molar-refractivity contribution < 1.29 is 51.6 Å². The third-order valence-corrected chi connectivity index (χ3v) is 10.0. The summed E-state index contributed by atoms with van der Waals surface area (Å²) in [6.45, 7) is 12.1. The second-order valence-corrected chi connectivity index (χ2v) is 14.0. The molecule has 0 aliphatic carbocycles. The van der Waals surface area contributed by atoms with Gasteiger partial charge in [0.2, 0.25) is 0 Å². The zero-order valence-electron chi connectivity index (χ0n) is 29.1. The van der Waals surface area contributed by atoms with Crippen LogP contribution in [-0.2, 0) is 36.7 Å². The normalized spacial score (nSPS) is 16.4. The van der Waals surface area contributed by atoms with Gasteiger partial charge in [-0.2, -0.15) is 0 Å². The maximum Gasteiger partial charge on any atom is 0.414 e. The van der Waals surface area contributed by atoms with E-state index in [0.717, 1.165) is 77.8 Å². The van der Waals surface area contributed by atoms with Crippen LogP contribution in [0, 0.1) is 5.92 Å². The molecule has 15 heteroatoms. The maximum atomic E-state index is 9.10.